The molecule has 76 valence electrons. The van der Waals surface area contributed by atoms with Gasteiger partial charge >= 0.3 is 0 Å². The van der Waals surface area contributed by atoms with E-state index in [1.807, 2.05) is 6.92 Å². The van der Waals surface area contributed by atoms with Crippen molar-refractivity contribution in [3.63, 3.8) is 0 Å². The number of H-pyrrole nitrogens is 1. The molecule has 1 aromatic rings. The van der Waals surface area contributed by atoms with Crippen molar-refractivity contribution >= 4 is 12.2 Å². The Morgan fingerprint density at radius 3 is 3.07 bits per heavy atom. The number of nitrogens with zero attached hydrogens (tertiary/aromatic N) is 1. The fraction of sp³-hybridized carbons (Fsp3) is 0.600. The largest absolute Gasteiger partial charge is 0.370 e. The van der Waals surface area contributed by atoms with Crippen molar-refractivity contribution in [3.8, 4) is 0 Å². The van der Waals surface area contributed by atoms with Gasteiger partial charge in [0, 0.05) is 12.8 Å². The summed E-state index contributed by atoms with van der Waals surface area (Å²) in [5.41, 5.74) is 0. The Hall–Kier alpha value is -0.740. The molecule has 0 amide bonds. The molecule has 1 saturated carbocycles. The maximum Gasteiger partial charge on any atom is 0.136 e. The summed E-state index contributed by atoms with van der Waals surface area (Å²) in [6.07, 6.45) is 4.33. The minimum Gasteiger partial charge on any atom is -0.370 e. The smallest absolute Gasteiger partial charge is 0.136 e. The highest BCUT2D eigenvalue weighted by molar-refractivity contribution is 7.71. The van der Waals surface area contributed by atoms with Crippen LogP contribution in [0, 0.1) is 10.6 Å². The van der Waals surface area contributed by atoms with Gasteiger partial charge in [-0.1, -0.05) is 12.2 Å². The third-order valence-corrected chi connectivity index (χ3v) is 2.59. The zero-order valence-corrected chi connectivity index (χ0v) is 9.01. The number of aromatic amines is 1. The van der Waals surface area contributed by atoms with Crippen molar-refractivity contribution < 1.29 is 4.74 Å². The topological polar surface area (TPSA) is 37.9 Å². The molecule has 1 aromatic heterocycles. The van der Waals surface area contributed by atoms with Gasteiger partial charge in [0.25, 0.3) is 0 Å². The predicted octanol–water partition coefficient (Wildman–Crippen LogP) is 2.63. The van der Waals surface area contributed by atoms with Gasteiger partial charge in [-0.2, -0.15) is 0 Å². The molecule has 1 unspecified atom stereocenters. The van der Waals surface area contributed by atoms with E-state index in [-0.39, 0.29) is 6.10 Å². The fourth-order valence-electron chi connectivity index (χ4n) is 1.55. The van der Waals surface area contributed by atoms with Crippen LogP contribution in [-0.2, 0) is 4.74 Å². The maximum atomic E-state index is 5.67. The van der Waals surface area contributed by atoms with Crippen LogP contribution in [0.4, 0.5) is 0 Å². The van der Waals surface area contributed by atoms with Crippen LogP contribution in [0.2, 0.25) is 0 Å². The van der Waals surface area contributed by atoms with Crippen molar-refractivity contribution in [1.29, 1.82) is 0 Å². The first-order chi connectivity index (χ1) is 6.81. The third-order valence-electron chi connectivity index (χ3n) is 2.36. The van der Waals surface area contributed by atoms with Crippen LogP contribution in [0.1, 0.15) is 31.7 Å². The molecule has 0 aromatic carbocycles. The standard InChI is InChI=1S/C10H14N2OS/c1-2-13-9(7-3-4-7)10-11-6-5-8(14)12-10/h5-7,9H,2-4H2,1H3,(H,11,12,14). The lowest BCUT2D eigenvalue weighted by atomic mass is 10.2. The van der Waals surface area contributed by atoms with Crippen LogP contribution in [-0.4, -0.2) is 16.6 Å². The second-order valence-corrected chi connectivity index (χ2v) is 3.97. The molecule has 2 rings (SSSR count). The second kappa shape index (κ2) is 4.19. The van der Waals surface area contributed by atoms with E-state index in [9.17, 15) is 0 Å². The van der Waals surface area contributed by atoms with Crippen LogP contribution in [0.3, 0.4) is 0 Å². The molecule has 4 heteroatoms. The van der Waals surface area contributed by atoms with E-state index in [4.69, 9.17) is 17.0 Å². The molecule has 1 N–H and O–H groups in total. The SMILES string of the molecule is CCOC(c1nccc(=S)[nH]1)C1CC1. The Kier molecular flexibility index (Phi) is 2.93. The minimum atomic E-state index is 0.114. The van der Waals surface area contributed by atoms with Crippen molar-refractivity contribution in [2.24, 2.45) is 5.92 Å². The monoisotopic (exact) mass is 210 g/mol. The maximum absolute atomic E-state index is 5.67. The van der Waals surface area contributed by atoms with Crippen molar-refractivity contribution in [1.82, 2.24) is 9.97 Å². The molecule has 0 aliphatic heterocycles. The van der Waals surface area contributed by atoms with E-state index in [1.165, 1.54) is 12.8 Å². The van der Waals surface area contributed by atoms with Gasteiger partial charge < -0.3 is 9.72 Å². The molecule has 1 aliphatic rings. The average Bonchev–Trinajstić information content (AvgIpc) is 2.97. The van der Waals surface area contributed by atoms with Gasteiger partial charge in [-0.05, 0) is 31.7 Å². The molecule has 0 saturated heterocycles. The van der Waals surface area contributed by atoms with E-state index < -0.39 is 0 Å². The molecular formula is C10H14N2OS. The van der Waals surface area contributed by atoms with E-state index in [2.05, 4.69) is 9.97 Å². The number of nitrogens with one attached hydrogen (secondary N) is 1. The van der Waals surface area contributed by atoms with Gasteiger partial charge in [-0.3, -0.25) is 0 Å². The minimum absolute atomic E-state index is 0.114. The van der Waals surface area contributed by atoms with Gasteiger partial charge in [0.2, 0.25) is 0 Å². The normalized spacial score (nSPS) is 18.1. The molecule has 1 aliphatic carbocycles. The number of rotatable bonds is 4. The molecule has 1 atom stereocenters. The number of hydrogen-bond donors (Lipinski definition) is 1. The second-order valence-electron chi connectivity index (χ2n) is 3.53. The lowest BCUT2D eigenvalue weighted by molar-refractivity contribution is 0.0399. The highest BCUT2D eigenvalue weighted by Crippen LogP contribution is 2.41. The van der Waals surface area contributed by atoms with Crippen molar-refractivity contribution in [2.45, 2.75) is 25.9 Å². The highest BCUT2D eigenvalue weighted by Gasteiger charge is 2.34. The number of ether oxygens (including phenoxy) is 1. The average molecular weight is 210 g/mol. The Morgan fingerprint density at radius 2 is 2.50 bits per heavy atom. The van der Waals surface area contributed by atoms with Crippen LogP contribution in [0.15, 0.2) is 12.3 Å². The van der Waals surface area contributed by atoms with Gasteiger partial charge in [0.15, 0.2) is 0 Å². The van der Waals surface area contributed by atoms with Gasteiger partial charge in [0.1, 0.15) is 16.6 Å². The fourth-order valence-corrected chi connectivity index (χ4v) is 1.71. The van der Waals surface area contributed by atoms with Crippen LogP contribution in [0.5, 0.6) is 0 Å². The zero-order chi connectivity index (χ0) is 9.97. The lowest BCUT2D eigenvalue weighted by Gasteiger charge is -2.14. The Morgan fingerprint density at radius 1 is 1.71 bits per heavy atom. The van der Waals surface area contributed by atoms with E-state index in [0.29, 0.717) is 5.92 Å². The summed E-state index contributed by atoms with van der Waals surface area (Å²) in [4.78, 5) is 7.36. The third kappa shape index (κ3) is 2.19. The first-order valence-electron chi connectivity index (χ1n) is 4.98. The van der Waals surface area contributed by atoms with E-state index >= 15 is 0 Å². The summed E-state index contributed by atoms with van der Waals surface area (Å²) in [5.74, 6) is 1.51. The quantitative estimate of drug-likeness (QED) is 0.776. The molecule has 0 bridgehead atoms. The van der Waals surface area contributed by atoms with Gasteiger partial charge in [0.05, 0.1) is 0 Å². The van der Waals surface area contributed by atoms with Crippen LogP contribution in [0.25, 0.3) is 0 Å². The Labute approximate surface area is 88.5 Å². The first-order valence-corrected chi connectivity index (χ1v) is 5.39. The summed E-state index contributed by atoms with van der Waals surface area (Å²) in [6, 6.07) is 1.79. The summed E-state index contributed by atoms with van der Waals surface area (Å²) < 4.78 is 6.39. The summed E-state index contributed by atoms with van der Waals surface area (Å²) in [7, 11) is 0. The summed E-state index contributed by atoms with van der Waals surface area (Å²) >= 11 is 5.06. The summed E-state index contributed by atoms with van der Waals surface area (Å²) in [5, 5.41) is 0. The predicted molar refractivity (Wildman–Crippen MR) is 56.5 cm³/mol. The van der Waals surface area contributed by atoms with Gasteiger partial charge in [-0.15, -0.1) is 0 Å². The summed E-state index contributed by atoms with van der Waals surface area (Å²) in [6.45, 7) is 2.73. The van der Waals surface area contributed by atoms with Crippen molar-refractivity contribution in [3.05, 3.63) is 22.7 Å². The molecule has 1 heterocycles. The zero-order valence-electron chi connectivity index (χ0n) is 8.19. The molecule has 0 spiro atoms. The van der Waals surface area contributed by atoms with E-state index in [1.54, 1.807) is 12.3 Å². The Bertz CT molecular complexity index is 359. The molecule has 1 fully saturated rings. The molecule has 3 nitrogen and oxygen atoms in total. The Balaban J connectivity index is 2.20. The van der Waals surface area contributed by atoms with Crippen LogP contribution < -0.4 is 0 Å². The molecule has 0 radical (unpaired) electrons. The molecule has 14 heavy (non-hydrogen) atoms. The van der Waals surface area contributed by atoms with Crippen molar-refractivity contribution in [2.75, 3.05) is 6.61 Å². The first kappa shape index (κ1) is 9.80. The van der Waals surface area contributed by atoms with Gasteiger partial charge in [-0.25, -0.2) is 4.98 Å². The van der Waals surface area contributed by atoms with Crippen LogP contribution >= 0.6 is 12.2 Å². The molecular weight excluding hydrogens is 196 g/mol. The van der Waals surface area contributed by atoms with E-state index in [0.717, 1.165) is 17.1 Å². The highest BCUT2D eigenvalue weighted by atomic mass is 32.1. The number of hydrogen-bond acceptors (Lipinski definition) is 3. The lowest BCUT2D eigenvalue weighted by Crippen LogP contribution is -2.10. The number of aromatic nitrogens is 2.